The summed E-state index contributed by atoms with van der Waals surface area (Å²) in [6.45, 7) is 8.14. The lowest BCUT2D eigenvalue weighted by atomic mass is 10.1. The summed E-state index contributed by atoms with van der Waals surface area (Å²) in [5, 5.41) is 4.60. The van der Waals surface area contributed by atoms with Crippen LogP contribution in [0.25, 0.3) is 10.9 Å². The van der Waals surface area contributed by atoms with Gasteiger partial charge >= 0.3 is 0 Å². The van der Waals surface area contributed by atoms with Crippen LogP contribution in [0.2, 0.25) is 0 Å². The normalized spacial score (nSPS) is 11.1. The van der Waals surface area contributed by atoms with Gasteiger partial charge in [0.25, 0.3) is 0 Å². The lowest BCUT2D eigenvalue weighted by Gasteiger charge is -2.11. The smallest absolute Gasteiger partial charge is 0.123 e. The van der Waals surface area contributed by atoms with Crippen LogP contribution in [0, 0.1) is 19.7 Å². The van der Waals surface area contributed by atoms with Crippen molar-refractivity contribution in [3.63, 3.8) is 0 Å². The first kappa shape index (κ1) is 15.5. The van der Waals surface area contributed by atoms with Gasteiger partial charge in [-0.05, 0) is 56.2 Å². The second kappa shape index (κ2) is 6.41. The van der Waals surface area contributed by atoms with Crippen LogP contribution in [0.5, 0.6) is 0 Å². The van der Waals surface area contributed by atoms with Crippen molar-refractivity contribution < 1.29 is 4.39 Å². The van der Waals surface area contributed by atoms with Gasteiger partial charge in [0.05, 0.1) is 17.8 Å². The van der Waals surface area contributed by atoms with Crippen molar-refractivity contribution in [1.82, 2.24) is 9.55 Å². The van der Waals surface area contributed by atoms with Gasteiger partial charge in [0.15, 0.2) is 0 Å². The Morgan fingerprint density at radius 2 is 1.87 bits per heavy atom. The van der Waals surface area contributed by atoms with E-state index in [2.05, 4.69) is 41.7 Å². The van der Waals surface area contributed by atoms with Gasteiger partial charge in [-0.2, -0.15) is 0 Å². The van der Waals surface area contributed by atoms with Gasteiger partial charge in [0.2, 0.25) is 0 Å². The fourth-order valence-corrected chi connectivity index (χ4v) is 3.05. The lowest BCUT2D eigenvalue weighted by Crippen LogP contribution is -2.06. The predicted molar refractivity (Wildman–Crippen MR) is 93.2 cm³/mol. The molecular formula is C19H22FN3. The summed E-state index contributed by atoms with van der Waals surface area (Å²) in [6.07, 6.45) is 2.95. The minimum Gasteiger partial charge on any atom is -0.379 e. The molecule has 2 heterocycles. The van der Waals surface area contributed by atoms with E-state index in [0.29, 0.717) is 6.54 Å². The monoisotopic (exact) mass is 311 g/mol. The molecule has 0 unspecified atom stereocenters. The third kappa shape index (κ3) is 2.93. The van der Waals surface area contributed by atoms with Crippen molar-refractivity contribution in [3.05, 3.63) is 59.3 Å². The maximum Gasteiger partial charge on any atom is 0.123 e. The van der Waals surface area contributed by atoms with Crippen molar-refractivity contribution in [2.75, 3.05) is 5.32 Å². The molecule has 120 valence electrons. The van der Waals surface area contributed by atoms with E-state index in [9.17, 15) is 4.39 Å². The number of anilines is 1. The molecule has 0 aliphatic heterocycles. The Hall–Kier alpha value is -2.36. The third-order valence-corrected chi connectivity index (χ3v) is 4.37. The fourth-order valence-electron chi connectivity index (χ4n) is 3.05. The van der Waals surface area contributed by atoms with Crippen LogP contribution < -0.4 is 5.32 Å². The van der Waals surface area contributed by atoms with Gasteiger partial charge in [0, 0.05) is 29.5 Å². The van der Waals surface area contributed by atoms with Crippen LogP contribution in [-0.2, 0) is 13.1 Å². The number of rotatable bonds is 5. The van der Waals surface area contributed by atoms with E-state index in [4.69, 9.17) is 0 Å². The van der Waals surface area contributed by atoms with Crippen molar-refractivity contribution in [2.24, 2.45) is 0 Å². The first-order valence-corrected chi connectivity index (χ1v) is 8.04. The Kier molecular flexibility index (Phi) is 4.33. The highest BCUT2D eigenvalue weighted by atomic mass is 19.1. The van der Waals surface area contributed by atoms with Crippen LogP contribution in [0.3, 0.4) is 0 Å². The molecule has 0 amide bonds. The summed E-state index contributed by atoms with van der Waals surface area (Å²) >= 11 is 0. The number of aryl methyl sites for hydroxylation is 2. The number of halogens is 1. The number of nitrogens with one attached hydrogen (secondary N) is 1. The molecule has 3 aromatic rings. The Labute approximate surface area is 136 Å². The number of hydrogen-bond acceptors (Lipinski definition) is 2. The second-order valence-electron chi connectivity index (χ2n) is 5.88. The average Bonchev–Trinajstić information content (AvgIpc) is 2.80. The second-order valence-corrected chi connectivity index (χ2v) is 5.88. The van der Waals surface area contributed by atoms with Gasteiger partial charge < -0.3 is 9.88 Å². The maximum atomic E-state index is 13.0. The van der Waals surface area contributed by atoms with E-state index in [1.807, 2.05) is 6.20 Å². The third-order valence-electron chi connectivity index (χ3n) is 4.37. The zero-order valence-electron chi connectivity index (χ0n) is 13.9. The quantitative estimate of drug-likeness (QED) is 0.732. The molecule has 2 aromatic heterocycles. The number of nitrogens with zero attached hydrogens (tertiary/aromatic N) is 2. The largest absolute Gasteiger partial charge is 0.379 e. The molecule has 0 saturated heterocycles. The van der Waals surface area contributed by atoms with E-state index < -0.39 is 0 Å². The molecule has 0 aliphatic rings. The predicted octanol–water partition coefficient (Wildman–Crippen LogP) is 4.81. The highest BCUT2D eigenvalue weighted by molar-refractivity contribution is 5.87. The van der Waals surface area contributed by atoms with Gasteiger partial charge in [-0.15, -0.1) is 0 Å². The topological polar surface area (TPSA) is 29.9 Å². The molecule has 3 nitrogen and oxygen atoms in total. The lowest BCUT2D eigenvalue weighted by molar-refractivity contribution is 0.628. The summed E-state index contributed by atoms with van der Waals surface area (Å²) in [5.74, 6) is -0.223. The maximum absolute atomic E-state index is 13.0. The molecular weight excluding hydrogens is 289 g/mol. The zero-order chi connectivity index (χ0) is 16.4. The number of benzene rings is 1. The van der Waals surface area contributed by atoms with Crippen LogP contribution in [0.4, 0.5) is 10.1 Å². The molecule has 1 N–H and O–H groups in total. The summed E-state index contributed by atoms with van der Waals surface area (Å²) in [7, 11) is 0. The molecule has 3 rings (SSSR count). The van der Waals surface area contributed by atoms with Gasteiger partial charge in [-0.3, -0.25) is 4.98 Å². The molecule has 0 radical (unpaired) electrons. The first-order valence-electron chi connectivity index (χ1n) is 8.04. The minimum atomic E-state index is -0.223. The van der Waals surface area contributed by atoms with Crippen molar-refractivity contribution >= 4 is 16.6 Å². The summed E-state index contributed by atoms with van der Waals surface area (Å²) in [6, 6.07) is 8.51. The van der Waals surface area contributed by atoms with Crippen LogP contribution >= 0.6 is 0 Å². The van der Waals surface area contributed by atoms with Crippen LogP contribution in [0.15, 0.2) is 36.5 Å². The molecule has 0 saturated carbocycles. The summed E-state index contributed by atoms with van der Waals surface area (Å²) in [5.41, 5.74) is 5.75. The molecule has 0 fully saturated rings. The zero-order valence-corrected chi connectivity index (χ0v) is 13.9. The highest BCUT2D eigenvalue weighted by Gasteiger charge is 2.14. The molecule has 4 heteroatoms. The Morgan fingerprint density at radius 3 is 2.57 bits per heavy atom. The van der Waals surface area contributed by atoms with E-state index >= 15 is 0 Å². The highest BCUT2D eigenvalue weighted by Crippen LogP contribution is 2.27. The number of aromatic nitrogens is 2. The Bertz CT molecular complexity index is 819. The van der Waals surface area contributed by atoms with E-state index in [-0.39, 0.29) is 5.82 Å². The van der Waals surface area contributed by atoms with Crippen molar-refractivity contribution in [3.8, 4) is 0 Å². The van der Waals surface area contributed by atoms with Gasteiger partial charge in [-0.1, -0.05) is 6.92 Å². The van der Waals surface area contributed by atoms with E-state index in [0.717, 1.165) is 24.3 Å². The standard InChI is InChI=1S/C19H22FN3/c1-4-11-23-14(3)13(2)17-9-10-21-18(19(17)23)12-22-16-7-5-15(20)6-8-16/h5-10,22H,4,11-12H2,1-3H3. The average molecular weight is 311 g/mol. The Morgan fingerprint density at radius 1 is 1.13 bits per heavy atom. The van der Waals surface area contributed by atoms with Crippen LogP contribution in [-0.4, -0.2) is 9.55 Å². The molecule has 1 aromatic carbocycles. The molecule has 0 atom stereocenters. The first-order chi connectivity index (χ1) is 11.1. The van der Waals surface area contributed by atoms with E-state index in [1.165, 1.54) is 34.3 Å². The SMILES string of the molecule is CCCn1c(C)c(C)c2ccnc(CNc3ccc(F)cc3)c21. The van der Waals surface area contributed by atoms with Crippen molar-refractivity contribution in [2.45, 2.75) is 40.3 Å². The van der Waals surface area contributed by atoms with Gasteiger partial charge in [0.1, 0.15) is 5.82 Å². The summed E-state index contributed by atoms with van der Waals surface area (Å²) in [4.78, 5) is 4.58. The van der Waals surface area contributed by atoms with Crippen molar-refractivity contribution in [1.29, 1.82) is 0 Å². The molecule has 0 aliphatic carbocycles. The Balaban J connectivity index is 1.97. The minimum absolute atomic E-state index is 0.223. The fraction of sp³-hybridized carbons (Fsp3) is 0.316. The number of fused-ring (bicyclic) bond motifs is 1. The molecule has 0 bridgehead atoms. The van der Waals surface area contributed by atoms with Gasteiger partial charge in [-0.25, -0.2) is 4.39 Å². The van der Waals surface area contributed by atoms with Crippen LogP contribution in [0.1, 0.15) is 30.3 Å². The summed E-state index contributed by atoms with van der Waals surface area (Å²) < 4.78 is 15.4. The number of pyridine rings is 1. The van der Waals surface area contributed by atoms with E-state index in [1.54, 1.807) is 12.1 Å². The molecule has 23 heavy (non-hydrogen) atoms. The number of hydrogen-bond donors (Lipinski definition) is 1. The molecule has 0 spiro atoms.